The quantitative estimate of drug-likeness (QED) is 0.787. The monoisotopic (exact) mass is 214 g/mol. The summed E-state index contributed by atoms with van der Waals surface area (Å²) in [6, 6.07) is 11.0. The molecular weight excluding hydrogens is 204 g/mol. The molecule has 0 amide bonds. The predicted molar refractivity (Wildman–Crippen MR) is 57.8 cm³/mol. The van der Waals surface area contributed by atoms with Gasteiger partial charge < -0.3 is 9.26 Å². The number of rotatable bonds is 3. The van der Waals surface area contributed by atoms with Crippen molar-refractivity contribution in [2.45, 2.75) is 6.92 Å². The van der Waals surface area contributed by atoms with Crippen LogP contribution in [0.3, 0.4) is 0 Å². The standard InChI is InChI=1S/C12H10N2O2/c1-2-15-11-5-3-9(4-6-11)12-7-10(8-13)14-16-12/h3-7H,2H2,1H3. The molecule has 4 nitrogen and oxygen atoms in total. The summed E-state index contributed by atoms with van der Waals surface area (Å²) in [7, 11) is 0. The second-order valence-corrected chi connectivity index (χ2v) is 3.15. The third-order valence-corrected chi connectivity index (χ3v) is 2.07. The molecule has 16 heavy (non-hydrogen) atoms. The van der Waals surface area contributed by atoms with Crippen LogP contribution < -0.4 is 4.74 Å². The Morgan fingerprint density at radius 1 is 1.38 bits per heavy atom. The normalized spacial score (nSPS) is 9.75. The van der Waals surface area contributed by atoms with Gasteiger partial charge in [0.15, 0.2) is 11.5 Å². The predicted octanol–water partition coefficient (Wildman–Crippen LogP) is 2.61. The first kappa shape index (κ1) is 10.2. The number of ether oxygens (including phenoxy) is 1. The van der Waals surface area contributed by atoms with Crippen LogP contribution >= 0.6 is 0 Å². The zero-order valence-electron chi connectivity index (χ0n) is 8.80. The van der Waals surface area contributed by atoms with Gasteiger partial charge >= 0.3 is 0 Å². The number of nitrogens with zero attached hydrogens (tertiary/aromatic N) is 2. The van der Waals surface area contributed by atoms with Crippen LogP contribution in [0.15, 0.2) is 34.9 Å². The van der Waals surface area contributed by atoms with Crippen LogP contribution in [0.1, 0.15) is 12.6 Å². The van der Waals surface area contributed by atoms with Crippen molar-refractivity contribution in [3.63, 3.8) is 0 Å². The van der Waals surface area contributed by atoms with Crippen LogP contribution in [0.25, 0.3) is 11.3 Å². The van der Waals surface area contributed by atoms with Crippen molar-refractivity contribution in [1.82, 2.24) is 5.16 Å². The minimum Gasteiger partial charge on any atom is -0.494 e. The van der Waals surface area contributed by atoms with Crippen LogP contribution in [-0.4, -0.2) is 11.8 Å². The lowest BCUT2D eigenvalue weighted by Crippen LogP contribution is -1.90. The van der Waals surface area contributed by atoms with E-state index < -0.39 is 0 Å². The number of benzene rings is 1. The summed E-state index contributed by atoms with van der Waals surface area (Å²) in [6.45, 7) is 2.57. The van der Waals surface area contributed by atoms with Gasteiger partial charge in [-0.3, -0.25) is 0 Å². The van der Waals surface area contributed by atoms with Gasteiger partial charge in [0.05, 0.1) is 6.61 Å². The summed E-state index contributed by atoms with van der Waals surface area (Å²) in [4.78, 5) is 0. The Morgan fingerprint density at radius 3 is 2.69 bits per heavy atom. The number of nitriles is 1. The van der Waals surface area contributed by atoms with Crippen molar-refractivity contribution in [2.24, 2.45) is 0 Å². The molecule has 0 saturated heterocycles. The highest BCUT2D eigenvalue weighted by Crippen LogP contribution is 2.22. The molecule has 1 aromatic carbocycles. The number of aromatic nitrogens is 1. The number of hydrogen-bond acceptors (Lipinski definition) is 4. The van der Waals surface area contributed by atoms with Crippen molar-refractivity contribution >= 4 is 0 Å². The lowest BCUT2D eigenvalue weighted by Gasteiger charge is -2.02. The third-order valence-electron chi connectivity index (χ3n) is 2.07. The molecule has 2 aromatic rings. The van der Waals surface area contributed by atoms with Gasteiger partial charge in [-0.15, -0.1) is 0 Å². The Bertz CT molecular complexity index is 509. The molecular formula is C12H10N2O2. The Kier molecular flexibility index (Phi) is 2.88. The lowest BCUT2D eigenvalue weighted by atomic mass is 10.1. The fourth-order valence-corrected chi connectivity index (χ4v) is 1.35. The molecule has 80 valence electrons. The summed E-state index contributed by atoms with van der Waals surface area (Å²) < 4.78 is 10.4. The Labute approximate surface area is 93.1 Å². The van der Waals surface area contributed by atoms with Crippen molar-refractivity contribution in [3.8, 4) is 23.1 Å². The first-order valence-corrected chi connectivity index (χ1v) is 4.93. The van der Waals surface area contributed by atoms with Crippen molar-refractivity contribution in [2.75, 3.05) is 6.61 Å². The molecule has 0 bridgehead atoms. The van der Waals surface area contributed by atoms with Gasteiger partial charge in [0, 0.05) is 11.6 Å². The van der Waals surface area contributed by atoms with Gasteiger partial charge in [0.1, 0.15) is 11.8 Å². The van der Waals surface area contributed by atoms with E-state index in [0.717, 1.165) is 11.3 Å². The van der Waals surface area contributed by atoms with E-state index in [1.807, 2.05) is 37.3 Å². The van der Waals surface area contributed by atoms with E-state index in [-0.39, 0.29) is 5.69 Å². The Balaban J connectivity index is 2.24. The minimum atomic E-state index is 0.281. The molecule has 0 fully saturated rings. The van der Waals surface area contributed by atoms with E-state index >= 15 is 0 Å². The highest BCUT2D eigenvalue weighted by molar-refractivity contribution is 5.59. The molecule has 0 aliphatic heterocycles. The Hall–Kier alpha value is -2.28. The summed E-state index contributed by atoms with van der Waals surface area (Å²) in [5.74, 6) is 1.39. The Morgan fingerprint density at radius 2 is 2.12 bits per heavy atom. The molecule has 0 atom stereocenters. The van der Waals surface area contributed by atoms with Gasteiger partial charge in [-0.1, -0.05) is 5.16 Å². The summed E-state index contributed by atoms with van der Waals surface area (Å²) in [5.41, 5.74) is 1.15. The smallest absolute Gasteiger partial charge is 0.184 e. The van der Waals surface area contributed by atoms with Gasteiger partial charge in [0.25, 0.3) is 0 Å². The maximum atomic E-state index is 8.62. The van der Waals surface area contributed by atoms with E-state index in [1.165, 1.54) is 0 Å². The number of hydrogen-bond donors (Lipinski definition) is 0. The maximum Gasteiger partial charge on any atom is 0.184 e. The fraction of sp³-hybridized carbons (Fsp3) is 0.167. The van der Waals surface area contributed by atoms with Crippen LogP contribution in [-0.2, 0) is 0 Å². The van der Waals surface area contributed by atoms with Crippen molar-refractivity contribution in [1.29, 1.82) is 5.26 Å². The zero-order valence-corrected chi connectivity index (χ0v) is 8.80. The van der Waals surface area contributed by atoms with Gasteiger partial charge in [-0.05, 0) is 31.2 Å². The van der Waals surface area contributed by atoms with E-state index in [4.69, 9.17) is 14.5 Å². The second-order valence-electron chi connectivity index (χ2n) is 3.15. The molecule has 0 N–H and O–H groups in total. The highest BCUT2D eigenvalue weighted by atomic mass is 16.5. The maximum absolute atomic E-state index is 8.62. The molecule has 0 aliphatic carbocycles. The van der Waals surface area contributed by atoms with Crippen LogP contribution in [0.5, 0.6) is 5.75 Å². The molecule has 1 heterocycles. The van der Waals surface area contributed by atoms with E-state index in [1.54, 1.807) is 6.07 Å². The van der Waals surface area contributed by atoms with Gasteiger partial charge in [-0.25, -0.2) is 0 Å². The molecule has 0 aliphatic rings. The molecule has 0 unspecified atom stereocenters. The average molecular weight is 214 g/mol. The van der Waals surface area contributed by atoms with E-state index in [2.05, 4.69) is 5.16 Å². The summed E-state index contributed by atoms with van der Waals surface area (Å²) >= 11 is 0. The van der Waals surface area contributed by atoms with Crippen molar-refractivity contribution < 1.29 is 9.26 Å². The van der Waals surface area contributed by atoms with Gasteiger partial charge in [0.2, 0.25) is 0 Å². The SMILES string of the molecule is CCOc1ccc(-c2cc(C#N)no2)cc1. The van der Waals surface area contributed by atoms with Crippen LogP contribution in [0, 0.1) is 11.3 Å². The third kappa shape index (κ3) is 2.04. The van der Waals surface area contributed by atoms with E-state index in [9.17, 15) is 0 Å². The van der Waals surface area contributed by atoms with Crippen LogP contribution in [0.2, 0.25) is 0 Å². The molecule has 1 aromatic heterocycles. The summed E-state index contributed by atoms with van der Waals surface area (Å²) in [5, 5.41) is 12.2. The molecule has 2 rings (SSSR count). The second kappa shape index (κ2) is 4.49. The molecule has 0 radical (unpaired) electrons. The van der Waals surface area contributed by atoms with Crippen molar-refractivity contribution in [3.05, 3.63) is 36.0 Å². The molecule has 0 saturated carbocycles. The fourth-order valence-electron chi connectivity index (χ4n) is 1.35. The topological polar surface area (TPSA) is 59.0 Å². The zero-order chi connectivity index (χ0) is 11.4. The largest absolute Gasteiger partial charge is 0.494 e. The highest BCUT2D eigenvalue weighted by Gasteiger charge is 2.05. The lowest BCUT2D eigenvalue weighted by molar-refractivity contribution is 0.340. The van der Waals surface area contributed by atoms with Crippen LogP contribution in [0.4, 0.5) is 0 Å². The summed E-state index contributed by atoms with van der Waals surface area (Å²) in [6.07, 6.45) is 0. The first-order valence-electron chi connectivity index (χ1n) is 4.93. The van der Waals surface area contributed by atoms with E-state index in [0.29, 0.717) is 12.4 Å². The molecule has 4 heteroatoms. The first-order chi connectivity index (χ1) is 7.83. The average Bonchev–Trinajstić information content (AvgIpc) is 2.79. The minimum absolute atomic E-state index is 0.281. The molecule has 0 spiro atoms. The van der Waals surface area contributed by atoms with Gasteiger partial charge in [-0.2, -0.15) is 5.26 Å².